The van der Waals surface area contributed by atoms with Crippen molar-refractivity contribution in [3.63, 3.8) is 0 Å². The molecule has 2 aliphatic rings. The van der Waals surface area contributed by atoms with Gasteiger partial charge in [-0.25, -0.2) is 0 Å². The molecular weight excluding hydrogens is 293 g/mol. The monoisotopic (exact) mass is 312 g/mol. The van der Waals surface area contributed by atoms with Crippen LogP contribution in [0.5, 0.6) is 0 Å². The first-order valence-corrected chi connectivity index (χ1v) is 7.58. The molecule has 0 saturated heterocycles. The van der Waals surface area contributed by atoms with Crippen LogP contribution in [-0.2, 0) is 11.0 Å². The van der Waals surface area contributed by atoms with E-state index in [9.17, 15) is 18.0 Å². The number of halogens is 3. The molecule has 22 heavy (non-hydrogen) atoms. The summed E-state index contributed by atoms with van der Waals surface area (Å²) in [5.41, 5.74) is -1.11. The molecule has 1 aromatic rings. The summed E-state index contributed by atoms with van der Waals surface area (Å²) in [5.74, 6) is -0.303. The normalized spacial score (nSPS) is 20.5. The molecule has 1 saturated carbocycles. The summed E-state index contributed by atoms with van der Waals surface area (Å²) < 4.78 is 39.7. The molecule has 0 atom stereocenters. The van der Waals surface area contributed by atoms with Gasteiger partial charge >= 0.3 is 6.18 Å². The van der Waals surface area contributed by atoms with Crippen molar-refractivity contribution in [3.8, 4) is 0 Å². The Morgan fingerprint density at radius 3 is 2.41 bits per heavy atom. The molecule has 1 amide bonds. The maximum atomic E-state index is 13.2. The van der Waals surface area contributed by atoms with Crippen molar-refractivity contribution in [3.05, 3.63) is 23.8 Å². The van der Waals surface area contributed by atoms with E-state index in [2.05, 4.69) is 5.32 Å². The predicted molar refractivity (Wildman–Crippen MR) is 78.9 cm³/mol. The van der Waals surface area contributed by atoms with Crippen LogP contribution >= 0.6 is 0 Å². The number of alkyl halides is 3. The first kappa shape index (κ1) is 15.2. The fourth-order valence-electron chi connectivity index (χ4n) is 3.88. The van der Waals surface area contributed by atoms with Crippen LogP contribution in [0.3, 0.4) is 0 Å². The molecule has 0 bridgehead atoms. The van der Waals surface area contributed by atoms with E-state index >= 15 is 0 Å². The zero-order valence-electron chi connectivity index (χ0n) is 12.6. The van der Waals surface area contributed by atoms with E-state index in [1.807, 2.05) is 18.7 Å². The number of hydrogen-bond acceptors (Lipinski definition) is 2. The van der Waals surface area contributed by atoms with Gasteiger partial charge in [-0.15, -0.1) is 0 Å². The number of carbonyl (C=O) groups excluding carboxylic acids is 1. The highest BCUT2D eigenvalue weighted by Crippen LogP contribution is 2.49. The average Bonchev–Trinajstić information content (AvgIpc) is 2.88. The number of amides is 1. The van der Waals surface area contributed by atoms with Crippen LogP contribution in [-0.4, -0.2) is 17.5 Å². The fraction of sp³-hybridized carbons (Fsp3) is 0.562. The summed E-state index contributed by atoms with van der Waals surface area (Å²) in [6.07, 6.45) is -1.27. The Balaban J connectivity index is 2.20. The Hall–Kier alpha value is -1.72. The first-order chi connectivity index (χ1) is 10.3. The molecule has 1 spiro atoms. The molecule has 1 aliphatic heterocycles. The summed E-state index contributed by atoms with van der Waals surface area (Å²) in [6.45, 7) is 3.84. The van der Waals surface area contributed by atoms with Crippen molar-refractivity contribution >= 4 is 17.3 Å². The number of carbonyl (C=O) groups is 1. The molecule has 1 heterocycles. The quantitative estimate of drug-likeness (QED) is 0.843. The number of rotatable bonds is 1. The summed E-state index contributed by atoms with van der Waals surface area (Å²) in [7, 11) is 0. The minimum Gasteiger partial charge on any atom is -0.353 e. The zero-order chi connectivity index (χ0) is 16.1. The predicted octanol–water partition coefficient (Wildman–Crippen LogP) is 4.19. The van der Waals surface area contributed by atoms with E-state index in [1.54, 1.807) is 6.07 Å². The van der Waals surface area contributed by atoms with E-state index in [4.69, 9.17) is 0 Å². The lowest BCUT2D eigenvalue weighted by atomic mass is 9.87. The van der Waals surface area contributed by atoms with Crippen LogP contribution in [0.2, 0.25) is 0 Å². The van der Waals surface area contributed by atoms with Gasteiger partial charge in [-0.2, -0.15) is 13.2 Å². The van der Waals surface area contributed by atoms with Gasteiger partial charge in [-0.3, -0.25) is 4.79 Å². The smallest absolute Gasteiger partial charge is 0.353 e. The van der Waals surface area contributed by atoms with Crippen molar-refractivity contribution in [2.24, 2.45) is 0 Å². The van der Waals surface area contributed by atoms with Crippen molar-refractivity contribution in [1.82, 2.24) is 0 Å². The second-order valence-electron chi connectivity index (χ2n) is 6.35. The maximum Gasteiger partial charge on any atom is 0.418 e. The standard InChI is InChI=1S/C16H19F3N2O/c1-10(2)21-12-7-5-6-11(16(17,18)19)13(12)20-14(22)15(21)8-3-4-9-15/h5-7,10H,3-4,8-9H2,1-2H3,(H,20,22). The Labute approximate surface area is 127 Å². The molecule has 1 fully saturated rings. The Bertz CT molecular complexity index is 604. The van der Waals surface area contributed by atoms with Gasteiger partial charge in [0, 0.05) is 6.04 Å². The third-order valence-corrected chi connectivity index (χ3v) is 4.68. The van der Waals surface area contributed by atoms with E-state index < -0.39 is 17.3 Å². The highest BCUT2D eigenvalue weighted by atomic mass is 19.4. The van der Waals surface area contributed by atoms with Crippen LogP contribution < -0.4 is 10.2 Å². The second kappa shape index (κ2) is 4.89. The SMILES string of the molecule is CC(C)N1c2cccc(C(F)(F)F)c2NC(=O)C12CCCC2. The summed E-state index contributed by atoms with van der Waals surface area (Å²) in [6, 6.07) is 4.05. The molecule has 0 radical (unpaired) electrons. The Morgan fingerprint density at radius 2 is 1.86 bits per heavy atom. The molecule has 1 N–H and O–H groups in total. The number of anilines is 2. The largest absolute Gasteiger partial charge is 0.418 e. The molecule has 0 aromatic heterocycles. The number of para-hydroxylation sites is 1. The highest BCUT2D eigenvalue weighted by molar-refractivity contribution is 6.07. The van der Waals surface area contributed by atoms with Crippen LogP contribution in [0.4, 0.5) is 24.5 Å². The van der Waals surface area contributed by atoms with Gasteiger partial charge in [0.25, 0.3) is 0 Å². The third-order valence-electron chi connectivity index (χ3n) is 4.68. The number of nitrogens with one attached hydrogen (secondary N) is 1. The average molecular weight is 312 g/mol. The van der Waals surface area contributed by atoms with Crippen molar-refractivity contribution < 1.29 is 18.0 Å². The molecule has 1 aliphatic carbocycles. The maximum absolute atomic E-state index is 13.2. The molecular formula is C16H19F3N2O. The Morgan fingerprint density at radius 1 is 1.23 bits per heavy atom. The Kier molecular flexibility index (Phi) is 3.38. The van der Waals surface area contributed by atoms with Crippen LogP contribution in [0.15, 0.2) is 18.2 Å². The summed E-state index contributed by atoms with van der Waals surface area (Å²) in [4.78, 5) is 14.5. The van der Waals surface area contributed by atoms with E-state index in [1.165, 1.54) is 6.07 Å². The second-order valence-corrected chi connectivity index (χ2v) is 6.35. The van der Waals surface area contributed by atoms with Crippen molar-refractivity contribution in [2.45, 2.75) is 57.3 Å². The van der Waals surface area contributed by atoms with Gasteiger partial charge in [-0.1, -0.05) is 18.9 Å². The van der Waals surface area contributed by atoms with Gasteiger partial charge in [0.1, 0.15) is 5.54 Å². The number of fused-ring (bicyclic) bond motifs is 1. The number of benzene rings is 1. The fourth-order valence-corrected chi connectivity index (χ4v) is 3.88. The van der Waals surface area contributed by atoms with Gasteiger partial charge < -0.3 is 10.2 Å². The van der Waals surface area contributed by atoms with E-state index in [-0.39, 0.29) is 17.6 Å². The van der Waals surface area contributed by atoms with Gasteiger partial charge in [0.2, 0.25) is 5.91 Å². The van der Waals surface area contributed by atoms with E-state index in [0.29, 0.717) is 18.5 Å². The van der Waals surface area contributed by atoms with Crippen molar-refractivity contribution in [1.29, 1.82) is 0 Å². The van der Waals surface area contributed by atoms with Crippen LogP contribution in [0.1, 0.15) is 45.1 Å². The minimum absolute atomic E-state index is 0.0496. The molecule has 1 aromatic carbocycles. The number of hydrogen-bond donors (Lipinski definition) is 1. The molecule has 120 valence electrons. The minimum atomic E-state index is -4.48. The molecule has 6 heteroatoms. The summed E-state index contributed by atoms with van der Waals surface area (Å²) in [5, 5.41) is 2.55. The van der Waals surface area contributed by atoms with Crippen LogP contribution in [0.25, 0.3) is 0 Å². The van der Waals surface area contributed by atoms with Gasteiger partial charge in [0.15, 0.2) is 0 Å². The highest BCUT2D eigenvalue weighted by Gasteiger charge is 2.52. The van der Waals surface area contributed by atoms with E-state index in [0.717, 1.165) is 18.9 Å². The van der Waals surface area contributed by atoms with Gasteiger partial charge in [0.05, 0.1) is 16.9 Å². The lowest BCUT2D eigenvalue weighted by molar-refractivity contribution is -0.137. The van der Waals surface area contributed by atoms with Crippen LogP contribution in [0, 0.1) is 0 Å². The zero-order valence-corrected chi connectivity index (χ0v) is 12.6. The molecule has 3 nitrogen and oxygen atoms in total. The van der Waals surface area contributed by atoms with Crippen molar-refractivity contribution in [2.75, 3.05) is 10.2 Å². The molecule has 0 unspecified atom stereocenters. The number of nitrogens with zero attached hydrogens (tertiary/aromatic N) is 1. The summed E-state index contributed by atoms with van der Waals surface area (Å²) >= 11 is 0. The molecule has 3 rings (SSSR count). The van der Waals surface area contributed by atoms with Gasteiger partial charge in [-0.05, 0) is 38.8 Å². The topological polar surface area (TPSA) is 32.3 Å². The first-order valence-electron chi connectivity index (χ1n) is 7.58. The lowest BCUT2D eigenvalue weighted by Gasteiger charge is -2.48. The lowest BCUT2D eigenvalue weighted by Crippen LogP contribution is -2.61. The third kappa shape index (κ3) is 2.08.